The Bertz CT molecular complexity index is 1160. The number of pyridine rings is 1. The standard InChI is InChI=1S/C24H22N2O3/c1-27-18-14-17-19(15-10-6-4-7-11-15)20(16-12-8-5-9-13-16)24(25)26-21(17)23(29-3)22(18)28-2/h4-14H,1-3H3,(H2,25,26). The molecule has 146 valence electrons. The van der Waals surface area contributed by atoms with E-state index in [1.165, 1.54) is 0 Å². The first-order valence-corrected chi connectivity index (χ1v) is 9.22. The van der Waals surface area contributed by atoms with Gasteiger partial charge in [-0.15, -0.1) is 0 Å². The number of nitrogens with two attached hydrogens (primary N) is 1. The van der Waals surface area contributed by atoms with E-state index in [-0.39, 0.29) is 0 Å². The van der Waals surface area contributed by atoms with Crippen molar-refractivity contribution in [1.82, 2.24) is 4.98 Å². The van der Waals surface area contributed by atoms with Crippen molar-refractivity contribution in [2.24, 2.45) is 0 Å². The summed E-state index contributed by atoms with van der Waals surface area (Å²) in [6.45, 7) is 0. The highest BCUT2D eigenvalue weighted by Gasteiger charge is 2.23. The Morgan fingerprint density at radius 1 is 0.690 bits per heavy atom. The van der Waals surface area contributed by atoms with Crippen LogP contribution >= 0.6 is 0 Å². The third-order valence-electron chi connectivity index (χ3n) is 4.94. The number of methoxy groups -OCH3 is 3. The molecule has 0 spiro atoms. The maximum absolute atomic E-state index is 6.50. The predicted molar refractivity (Wildman–Crippen MR) is 117 cm³/mol. The van der Waals surface area contributed by atoms with Gasteiger partial charge in [-0.2, -0.15) is 0 Å². The summed E-state index contributed by atoms with van der Waals surface area (Å²) in [4.78, 5) is 4.71. The van der Waals surface area contributed by atoms with Gasteiger partial charge in [0.2, 0.25) is 5.75 Å². The third kappa shape index (κ3) is 3.10. The van der Waals surface area contributed by atoms with Crippen molar-refractivity contribution < 1.29 is 14.2 Å². The number of rotatable bonds is 5. The lowest BCUT2D eigenvalue weighted by molar-refractivity contribution is 0.327. The minimum absolute atomic E-state index is 0.424. The van der Waals surface area contributed by atoms with Crippen LogP contribution in [0.2, 0.25) is 0 Å². The summed E-state index contributed by atoms with van der Waals surface area (Å²) in [5, 5.41) is 0.874. The zero-order valence-electron chi connectivity index (χ0n) is 16.6. The van der Waals surface area contributed by atoms with E-state index in [1.807, 2.05) is 54.6 Å². The SMILES string of the molecule is COc1cc2c(-c3ccccc3)c(-c3ccccc3)c(N)nc2c(OC)c1OC. The monoisotopic (exact) mass is 386 g/mol. The van der Waals surface area contributed by atoms with Gasteiger partial charge in [-0.1, -0.05) is 60.7 Å². The minimum atomic E-state index is 0.424. The second-order valence-corrected chi connectivity index (χ2v) is 6.52. The molecule has 2 N–H and O–H groups in total. The van der Waals surface area contributed by atoms with Gasteiger partial charge in [-0.05, 0) is 17.2 Å². The molecule has 5 heteroatoms. The smallest absolute Gasteiger partial charge is 0.205 e. The summed E-state index contributed by atoms with van der Waals surface area (Å²) in [6, 6.07) is 22.1. The average Bonchev–Trinajstić information content (AvgIpc) is 2.78. The fourth-order valence-electron chi connectivity index (χ4n) is 3.68. The topological polar surface area (TPSA) is 66.6 Å². The van der Waals surface area contributed by atoms with Crippen molar-refractivity contribution in [1.29, 1.82) is 0 Å². The van der Waals surface area contributed by atoms with Gasteiger partial charge in [0, 0.05) is 16.5 Å². The van der Waals surface area contributed by atoms with Gasteiger partial charge in [0.1, 0.15) is 11.3 Å². The number of fused-ring (bicyclic) bond motifs is 1. The normalized spacial score (nSPS) is 10.7. The maximum Gasteiger partial charge on any atom is 0.205 e. The van der Waals surface area contributed by atoms with Gasteiger partial charge in [-0.25, -0.2) is 4.98 Å². The van der Waals surface area contributed by atoms with Gasteiger partial charge < -0.3 is 19.9 Å². The minimum Gasteiger partial charge on any atom is -0.493 e. The van der Waals surface area contributed by atoms with Crippen LogP contribution in [-0.2, 0) is 0 Å². The zero-order chi connectivity index (χ0) is 20.4. The number of hydrogen-bond acceptors (Lipinski definition) is 5. The first-order chi connectivity index (χ1) is 14.2. The van der Waals surface area contributed by atoms with Gasteiger partial charge in [0.25, 0.3) is 0 Å². The molecule has 0 atom stereocenters. The Morgan fingerprint density at radius 2 is 1.24 bits per heavy atom. The quantitative estimate of drug-likeness (QED) is 0.512. The lowest BCUT2D eigenvalue weighted by atomic mass is 9.91. The number of anilines is 1. The van der Waals surface area contributed by atoms with E-state index in [4.69, 9.17) is 24.9 Å². The summed E-state index contributed by atoms with van der Waals surface area (Å²) in [5.74, 6) is 1.97. The van der Waals surface area contributed by atoms with Crippen LogP contribution in [0.5, 0.6) is 17.2 Å². The number of hydrogen-bond donors (Lipinski definition) is 1. The van der Waals surface area contributed by atoms with Gasteiger partial charge >= 0.3 is 0 Å². The summed E-state index contributed by atoms with van der Waals surface area (Å²) >= 11 is 0. The highest BCUT2D eigenvalue weighted by atomic mass is 16.5. The molecule has 4 aromatic rings. The van der Waals surface area contributed by atoms with Crippen molar-refractivity contribution in [2.75, 3.05) is 27.1 Å². The fourth-order valence-corrected chi connectivity index (χ4v) is 3.68. The van der Waals surface area contributed by atoms with E-state index >= 15 is 0 Å². The zero-order valence-corrected chi connectivity index (χ0v) is 16.6. The number of nitrogens with zero attached hydrogens (tertiary/aromatic N) is 1. The number of aromatic nitrogens is 1. The molecule has 1 heterocycles. The molecule has 0 aliphatic heterocycles. The van der Waals surface area contributed by atoms with Crippen LogP contribution in [0.4, 0.5) is 5.82 Å². The first-order valence-electron chi connectivity index (χ1n) is 9.22. The molecule has 1 aromatic heterocycles. The van der Waals surface area contributed by atoms with Crippen molar-refractivity contribution in [3.63, 3.8) is 0 Å². The molecule has 29 heavy (non-hydrogen) atoms. The molecular formula is C24H22N2O3. The molecule has 0 fully saturated rings. The molecule has 0 aliphatic carbocycles. The second kappa shape index (κ2) is 7.72. The molecule has 0 bridgehead atoms. The number of nitrogen functional groups attached to an aromatic ring is 1. The number of ether oxygens (including phenoxy) is 3. The first kappa shape index (κ1) is 18.6. The van der Waals surface area contributed by atoms with E-state index in [1.54, 1.807) is 21.3 Å². The Hall–Kier alpha value is -3.73. The molecule has 0 amide bonds. The summed E-state index contributed by atoms with van der Waals surface area (Å²) < 4.78 is 16.8. The Morgan fingerprint density at radius 3 is 1.76 bits per heavy atom. The average molecular weight is 386 g/mol. The number of benzene rings is 3. The second-order valence-electron chi connectivity index (χ2n) is 6.52. The van der Waals surface area contributed by atoms with Crippen LogP contribution in [0.3, 0.4) is 0 Å². The van der Waals surface area contributed by atoms with Crippen LogP contribution < -0.4 is 19.9 Å². The van der Waals surface area contributed by atoms with Crippen LogP contribution in [0, 0.1) is 0 Å². The molecule has 5 nitrogen and oxygen atoms in total. The summed E-state index contributed by atoms with van der Waals surface area (Å²) in [6.07, 6.45) is 0. The molecule has 0 aliphatic rings. The molecule has 0 saturated heterocycles. The lowest BCUT2D eigenvalue weighted by Gasteiger charge is -2.20. The lowest BCUT2D eigenvalue weighted by Crippen LogP contribution is -2.02. The highest BCUT2D eigenvalue weighted by Crippen LogP contribution is 2.48. The Labute approximate surface area is 169 Å². The van der Waals surface area contributed by atoms with Crippen LogP contribution in [-0.4, -0.2) is 26.3 Å². The predicted octanol–water partition coefficient (Wildman–Crippen LogP) is 5.18. The molecule has 4 rings (SSSR count). The Balaban J connectivity index is 2.21. The van der Waals surface area contributed by atoms with E-state index in [9.17, 15) is 0 Å². The van der Waals surface area contributed by atoms with E-state index in [0.29, 0.717) is 28.6 Å². The third-order valence-corrected chi connectivity index (χ3v) is 4.94. The molecule has 0 saturated carbocycles. The van der Waals surface area contributed by atoms with Crippen molar-refractivity contribution in [2.45, 2.75) is 0 Å². The van der Waals surface area contributed by atoms with Crippen LogP contribution in [0.15, 0.2) is 66.7 Å². The largest absolute Gasteiger partial charge is 0.493 e. The maximum atomic E-state index is 6.50. The molecule has 3 aromatic carbocycles. The van der Waals surface area contributed by atoms with Crippen molar-refractivity contribution >= 4 is 16.7 Å². The van der Waals surface area contributed by atoms with Gasteiger partial charge in [0.15, 0.2) is 11.5 Å². The molecule has 0 radical (unpaired) electrons. The summed E-state index contributed by atoms with van der Waals surface area (Å²) in [7, 11) is 4.77. The highest BCUT2D eigenvalue weighted by molar-refractivity contribution is 6.08. The Kier molecular flexibility index (Phi) is 4.96. The molecular weight excluding hydrogens is 364 g/mol. The van der Waals surface area contributed by atoms with E-state index in [0.717, 1.165) is 27.6 Å². The summed E-state index contributed by atoms with van der Waals surface area (Å²) in [5.41, 5.74) is 11.0. The van der Waals surface area contributed by atoms with Crippen molar-refractivity contribution in [3.8, 4) is 39.5 Å². The van der Waals surface area contributed by atoms with E-state index < -0.39 is 0 Å². The van der Waals surface area contributed by atoms with Gasteiger partial charge in [-0.3, -0.25) is 0 Å². The van der Waals surface area contributed by atoms with Crippen LogP contribution in [0.1, 0.15) is 0 Å². The molecule has 0 unspecified atom stereocenters. The van der Waals surface area contributed by atoms with Gasteiger partial charge in [0.05, 0.1) is 21.3 Å². The van der Waals surface area contributed by atoms with Crippen LogP contribution in [0.25, 0.3) is 33.2 Å². The van der Waals surface area contributed by atoms with Crippen molar-refractivity contribution in [3.05, 3.63) is 66.7 Å². The fraction of sp³-hybridized carbons (Fsp3) is 0.125. The van der Waals surface area contributed by atoms with E-state index in [2.05, 4.69) is 12.1 Å².